The van der Waals surface area contributed by atoms with Gasteiger partial charge in [-0.25, -0.2) is 0 Å². The van der Waals surface area contributed by atoms with Crippen LogP contribution >= 0.6 is 12.6 Å². The summed E-state index contributed by atoms with van der Waals surface area (Å²) in [5.41, 5.74) is 0. The van der Waals surface area contributed by atoms with Crippen LogP contribution in [0.4, 0.5) is 0 Å². The van der Waals surface area contributed by atoms with Gasteiger partial charge in [-0.2, -0.15) is 12.6 Å². The molecule has 0 aromatic rings. The van der Waals surface area contributed by atoms with E-state index in [1.807, 2.05) is 0 Å². The lowest BCUT2D eigenvalue weighted by Gasteiger charge is -1.94. The van der Waals surface area contributed by atoms with E-state index in [2.05, 4.69) is 12.6 Å². The van der Waals surface area contributed by atoms with Gasteiger partial charge in [0.1, 0.15) is 6.61 Å². The third-order valence-corrected chi connectivity index (χ3v) is 1.23. The van der Waals surface area contributed by atoms with Gasteiger partial charge in [-0.15, -0.1) is 0 Å². The second-order valence-corrected chi connectivity index (χ2v) is 2.16. The van der Waals surface area contributed by atoms with Crippen molar-refractivity contribution in [2.24, 2.45) is 0 Å². The fraction of sp³-hybridized carbons (Fsp3) is 1.00. The molecule has 0 spiro atoms. The molecule has 1 aliphatic heterocycles. The van der Waals surface area contributed by atoms with E-state index >= 15 is 0 Å². The van der Waals surface area contributed by atoms with Crippen molar-refractivity contribution in [1.82, 2.24) is 0 Å². The SMILES string of the molecule is SCCCOC1CO1. The Kier molecular flexibility index (Phi) is 2.66. The fourth-order valence-electron chi connectivity index (χ4n) is 0.415. The zero-order valence-corrected chi connectivity index (χ0v) is 5.56. The lowest BCUT2D eigenvalue weighted by molar-refractivity contribution is 0.0512. The molecule has 1 atom stereocenters. The van der Waals surface area contributed by atoms with E-state index in [0.717, 1.165) is 25.4 Å². The topological polar surface area (TPSA) is 21.8 Å². The standard InChI is InChI=1S/C5H10O2S/c8-3-1-2-6-5-4-7-5/h5,8H,1-4H2. The predicted octanol–water partition coefficient (Wildman–Crippen LogP) is 0.679. The van der Waals surface area contributed by atoms with Crippen LogP contribution in [-0.2, 0) is 9.47 Å². The fourth-order valence-corrected chi connectivity index (χ4v) is 0.544. The lowest BCUT2D eigenvalue weighted by Crippen LogP contribution is -1.97. The highest BCUT2D eigenvalue weighted by Gasteiger charge is 2.22. The van der Waals surface area contributed by atoms with Crippen molar-refractivity contribution in [2.75, 3.05) is 19.0 Å². The zero-order valence-electron chi connectivity index (χ0n) is 4.67. The van der Waals surface area contributed by atoms with Gasteiger partial charge >= 0.3 is 0 Å². The van der Waals surface area contributed by atoms with Crippen molar-refractivity contribution in [3.8, 4) is 0 Å². The van der Waals surface area contributed by atoms with Crippen LogP contribution in [0.25, 0.3) is 0 Å². The number of ether oxygens (including phenoxy) is 2. The normalized spacial score (nSPS) is 25.9. The summed E-state index contributed by atoms with van der Waals surface area (Å²) in [5.74, 6) is 0.896. The van der Waals surface area contributed by atoms with Crippen LogP contribution in [0.1, 0.15) is 6.42 Å². The Balaban J connectivity index is 1.74. The molecule has 3 heteroatoms. The molecule has 0 radical (unpaired) electrons. The Bertz CT molecular complexity index is 63.4. The van der Waals surface area contributed by atoms with E-state index in [1.165, 1.54) is 0 Å². The van der Waals surface area contributed by atoms with Crippen molar-refractivity contribution in [2.45, 2.75) is 12.7 Å². The Labute approximate surface area is 54.6 Å². The smallest absolute Gasteiger partial charge is 0.181 e. The molecule has 2 nitrogen and oxygen atoms in total. The van der Waals surface area contributed by atoms with Gasteiger partial charge in [-0.3, -0.25) is 0 Å². The first kappa shape index (κ1) is 6.39. The molecule has 1 saturated heterocycles. The summed E-state index contributed by atoms with van der Waals surface area (Å²) in [5, 5.41) is 0. The summed E-state index contributed by atoms with van der Waals surface area (Å²) >= 11 is 4.02. The third-order valence-electron chi connectivity index (χ3n) is 0.909. The van der Waals surface area contributed by atoms with Crippen LogP contribution in [0.2, 0.25) is 0 Å². The Hall–Kier alpha value is 0.270. The molecule has 8 heavy (non-hydrogen) atoms. The van der Waals surface area contributed by atoms with Crippen LogP contribution < -0.4 is 0 Å². The summed E-state index contributed by atoms with van der Waals surface area (Å²) < 4.78 is 9.93. The molecule has 1 unspecified atom stereocenters. The maximum Gasteiger partial charge on any atom is 0.181 e. The van der Waals surface area contributed by atoms with E-state index in [0.29, 0.717) is 0 Å². The summed E-state index contributed by atoms with van der Waals surface area (Å²) in [6, 6.07) is 0. The molecule has 0 bridgehead atoms. The van der Waals surface area contributed by atoms with E-state index in [4.69, 9.17) is 9.47 Å². The highest BCUT2D eigenvalue weighted by atomic mass is 32.1. The van der Waals surface area contributed by atoms with Crippen LogP contribution in [0.5, 0.6) is 0 Å². The third kappa shape index (κ3) is 2.55. The lowest BCUT2D eigenvalue weighted by atomic mass is 10.5. The molecule has 0 saturated carbocycles. The second kappa shape index (κ2) is 3.33. The quantitative estimate of drug-likeness (QED) is 0.347. The van der Waals surface area contributed by atoms with Gasteiger partial charge in [0.05, 0.1) is 6.61 Å². The molecule has 48 valence electrons. The van der Waals surface area contributed by atoms with Gasteiger partial charge < -0.3 is 9.47 Å². The van der Waals surface area contributed by atoms with Crippen molar-refractivity contribution < 1.29 is 9.47 Å². The van der Waals surface area contributed by atoms with Crippen molar-refractivity contribution in [1.29, 1.82) is 0 Å². The second-order valence-electron chi connectivity index (χ2n) is 1.71. The average Bonchev–Trinajstić information content (AvgIpc) is 2.51. The molecular formula is C5H10O2S. The van der Waals surface area contributed by atoms with Crippen LogP contribution in [0, 0.1) is 0 Å². The van der Waals surface area contributed by atoms with Crippen LogP contribution in [-0.4, -0.2) is 25.3 Å². The molecule has 1 rings (SSSR count). The van der Waals surface area contributed by atoms with E-state index < -0.39 is 0 Å². The van der Waals surface area contributed by atoms with Gasteiger partial charge in [0.2, 0.25) is 0 Å². The van der Waals surface area contributed by atoms with Crippen molar-refractivity contribution in [3.63, 3.8) is 0 Å². The van der Waals surface area contributed by atoms with Gasteiger partial charge in [0, 0.05) is 0 Å². The molecule has 0 N–H and O–H groups in total. The molecule has 0 aromatic carbocycles. The summed E-state index contributed by atoms with van der Waals surface area (Å²) in [4.78, 5) is 0. The van der Waals surface area contributed by atoms with Crippen LogP contribution in [0.15, 0.2) is 0 Å². The van der Waals surface area contributed by atoms with E-state index in [-0.39, 0.29) is 6.29 Å². The van der Waals surface area contributed by atoms with E-state index in [1.54, 1.807) is 0 Å². The molecule has 0 amide bonds. The monoisotopic (exact) mass is 134 g/mol. The first-order valence-electron chi connectivity index (χ1n) is 2.77. The van der Waals surface area contributed by atoms with Crippen molar-refractivity contribution >= 4 is 12.6 Å². The first-order chi connectivity index (χ1) is 3.93. The van der Waals surface area contributed by atoms with Gasteiger partial charge in [-0.1, -0.05) is 0 Å². The number of epoxide rings is 1. The zero-order chi connectivity index (χ0) is 5.82. The summed E-state index contributed by atoms with van der Waals surface area (Å²) in [7, 11) is 0. The minimum absolute atomic E-state index is 0.120. The number of rotatable bonds is 4. The Morgan fingerprint density at radius 2 is 2.50 bits per heavy atom. The summed E-state index contributed by atoms with van der Waals surface area (Å²) in [6.45, 7) is 1.57. The number of thiol groups is 1. The Morgan fingerprint density at radius 3 is 3.00 bits per heavy atom. The highest BCUT2D eigenvalue weighted by molar-refractivity contribution is 7.80. The molecular weight excluding hydrogens is 124 g/mol. The van der Waals surface area contributed by atoms with Crippen LogP contribution in [0.3, 0.4) is 0 Å². The predicted molar refractivity (Wildman–Crippen MR) is 34.2 cm³/mol. The molecule has 1 heterocycles. The number of hydrogen-bond donors (Lipinski definition) is 1. The van der Waals surface area contributed by atoms with Crippen molar-refractivity contribution in [3.05, 3.63) is 0 Å². The van der Waals surface area contributed by atoms with Gasteiger partial charge in [-0.05, 0) is 12.2 Å². The van der Waals surface area contributed by atoms with E-state index in [9.17, 15) is 0 Å². The molecule has 0 aliphatic carbocycles. The molecule has 1 aliphatic rings. The molecule has 1 fully saturated rings. The molecule has 0 aromatic heterocycles. The van der Waals surface area contributed by atoms with Gasteiger partial charge in [0.15, 0.2) is 6.29 Å². The first-order valence-corrected chi connectivity index (χ1v) is 3.41. The minimum atomic E-state index is 0.120. The highest BCUT2D eigenvalue weighted by Crippen LogP contribution is 2.09. The Morgan fingerprint density at radius 1 is 1.75 bits per heavy atom. The maximum atomic E-state index is 5.12. The maximum absolute atomic E-state index is 5.12. The van der Waals surface area contributed by atoms with Gasteiger partial charge in [0.25, 0.3) is 0 Å². The largest absolute Gasteiger partial charge is 0.350 e. The number of hydrogen-bond acceptors (Lipinski definition) is 3. The minimum Gasteiger partial charge on any atom is -0.350 e. The average molecular weight is 134 g/mol. The summed E-state index contributed by atoms with van der Waals surface area (Å²) in [6.07, 6.45) is 1.14.